The molecule has 0 amide bonds. The summed E-state index contributed by atoms with van der Waals surface area (Å²) in [5.41, 5.74) is 1.38. The molecule has 0 atom stereocenters. The van der Waals surface area contributed by atoms with Crippen molar-refractivity contribution in [3.8, 4) is 5.75 Å². The van der Waals surface area contributed by atoms with Gasteiger partial charge in [-0.3, -0.25) is 0 Å². The quantitative estimate of drug-likeness (QED) is 0.644. The lowest BCUT2D eigenvalue weighted by molar-refractivity contribution is 0.290. The zero-order chi connectivity index (χ0) is 13.2. The van der Waals surface area contributed by atoms with Crippen LogP contribution in [0.25, 0.3) is 0 Å². The molecule has 18 heavy (non-hydrogen) atoms. The van der Waals surface area contributed by atoms with E-state index in [1.165, 1.54) is 24.9 Å². The smallest absolute Gasteiger partial charge is 0.118 e. The van der Waals surface area contributed by atoms with Crippen molar-refractivity contribution in [2.45, 2.75) is 26.2 Å². The Morgan fingerprint density at radius 1 is 1.11 bits per heavy atom. The summed E-state index contributed by atoms with van der Waals surface area (Å²) in [5, 5.41) is 1.05. The van der Waals surface area contributed by atoms with Gasteiger partial charge < -0.3 is 9.64 Å². The summed E-state index contributed by atoms with van der Waals surface area (Å²) in [5.74, 6) is 0.932. The van der Waals surface area contributed by atoms with E-state index in [1.807, 2.05) is 12.1 Å². The van der Waals surface area contributed by atoms with Crippen LogP contribution in [0.1, 0.15) is 25.3 Å². The average molecular weight is 314 g/mol. The second-order valence-corrected chi connectivity index (χ2v) is 5.28. The molecule has 2 nitrogen and oxygen atoms in total. The second-order valence-electron chi connectivity index (χ2n) is 4.48. The molecule has 0 aliphatic heterocycles. The van der Waals surface area contributed by atoms with E-state index in [-0.39, 0.29) is 0 Å². The molecule has 0 heterocycles. The summed E-state index contributed by atoms with van der Waals surface area (Å²) in [7, 11) is 1.71. The minimum atomic E-state index is 0.932. The van der Waals surface area contributed by atoms with Crippen LogP contribution in [-0.2, 0) is 6.42 Å². The van der Waals surface area contributed by atoms with Gasteiger partial charge in [-0.1, -0.05) is 41.4 Å². The van der Waals surface area contributed by atoms with Crippen molar-refractivity contribution in [1.29, 1.82) is 0 Å². The van der Waals surface area contributed by atoms with Crippen molar-refractivity contribution in [2.24, 2.45) is 0 Å². The summed E-state index contributed by atoms with van der Waals surface area (Å²) < 4.78 is 5.17. The van der Waals surface area contributed by atoms with Gasteiger partial charge in [-0.05, 0) is 37.1 Å². The number of alkyl halides is 1. The molecule has 0 unspecified atom stereocenters. The monoisotopic (exact) mass is 313 g/mol. The Hall–Kier alpha value is -0.540. The summed E-state index contributed by atoms with van der Waals surface area (Å²) in [6.45, 7) is 5.72. The van der Waals surface area contributed by atoms with Gasteiger partial charge in [-0.2, -0.15) is 0 Å². The van der Waals surface area contributed by atoms with Gasteiger partial charge >= 0.3 is 0 Å². The van der Waals surface area contributed by atoms with Crippen molar-refractivity contribution >= 4 is 15.9 Å². The fourth-order valence-electron chi connectivity index (χ4n) is 1.92. The van der Waals surface area contributed by atoms with Gasteiger partial charge in [-0.25, -0.2) is 0 Å². The predicted octanol–water partition coefficient (Wildman–Crippen LogP) is 3.73. The summed E-state index contributed by atoms with van der Waals surface area (Å²) in [6.07, 6.45) is 3.66. The Labute approximate surface area is 119 Å². The molecule has 1 aromatic carbocycles. The topological polar surface area (TPSA) is 12.5 Å². The Morgan fingerprint density at radius 2 is 1.83 bits per heavy atom. The number of hydrogen-bond donors (Lipinski definition) is 0. The fourth-order valence-corrected chi connectivity index (χ4v) is 2.42. The highest BCUT2D eigenvalue weighted by Crippen LogP contribution is 2.12. The molecule has 0 spiro atoms. The number of rotatable bonds is 9. The van der Waals surface area contributed by atoms with Gasteiger partial charge in [0.05, 0.1) is 7.11 Å². The van der Waals surface area contributed by atoms with Crippen LogP contribution in [0.15, 0.2) is 24.3 Å². The number of unbranched alkanes of at least 4 members (excludes halogenated alkanes) is 1. The molecule has 0 N–H and O–H groups in total. The third-order valence-corrected chi connectivity index (χ3v) is 3.46. The van der Waals surface area contributed by atoms with Gasteiger partial charge in [0.15, 0.2) is 0 Å². The van der Waals surface area contributed by atoms with Crippen molar-refractivity contribution in [2.75, 3.05) is 32.1 Å². The molecule has 1 rings (SSSR count). The first-order chi connectivity index (χ1) is 8.80. The number of halogens is 1. The Kier molecular flexibility index (Phi) is 8.10. The SMILES string of the molecule is CCCCN(CCBr)CCc1ccc(OC)cc1. The number of ether oxygens (including phenoxy) is 1. The standard InChI is InChI=1S/C15H24BrNO/c1-3-4-11-17(13-10-16)12-9-14-5-7-15(18-2)8-6-14/h5-8H,3-4,9-13H2,1-2H3. The van der Waals surface area contributed by atoms with Gasteiger partial charge in [0.1, 0.15) is 5.75 Å². The van der Waals surface area contributed by atoms with E-state index in [0.29, 0.717) is 0 Å². The highest BCUT2D eigenvalue weighted by atomic mass is 79.9. The number of benzene rings is 1. The molecule has 102 valence electrons. The minimum absolute atomic E-state index is 0.932. The van der Waals surface area contributed by atoms with Crippen LogP contribution in [0.5, 0.6) is 5.75 Å². The summed E-state index contributed by atoms with van der Waals surface area (Å²) >= 11 is 3.53. The number of nitrogens with zero attached hydrogens (tertiary/aromatic N) is 1. The Balaban J connectivity index is 2.39. The van der Waals surface area contributed by atoms with Gasteiger partial charge in [0, 0.05) is 18.4 Å². The molecule has 0 saturated heterocycles. The van der Waals surface area contributed by atoms with Crippen molar-refractivity contribution < 1.29 is 4.74 Å². The lowest BCUT2D eigenvalue weighted by Gasteiger charge is -2.21. The minimum Gasteiger partial charge on any atom is -0.497 e. The lowest BCUT2D eigenvalue weighted by atomic mass is 10.1. The fraction of sp³-hybridized carbons (Fsp3) is 0.600. The largest absolute Gasteiger partial charge is 0.497 e. The molecular formula is C15H24BrNO. The van der Waals surface area contributed by atoms with Crippen LogP contribution in [0.2, 0.25) is 0 Å². The summed E-state index contributed by atoms with van der Waals surface area (Å²) in [6, 6.07) is 8.39. The van der Waals surface area contributed by atoms with Crippen LogP contribution in [0.3, 0.4) is 0 Å². The molecule has 0 aromatic heterocycles. The van der Waals surface area contributed by atoms with Crippen LogP contribution in [0, 0.1) is 0 Å². The normalized spacial score (nSPS) is 10.9. The molecule has 0 aliphatic rings. The van der Waals surface area contributed by atoms with E-state index in [1.54, 1.807) is 7.11 Å². The first kappa shape index (κ1) is 15.5. The first-order valence-corrected chi connectivity index (χ1v) is 7.83. The van der Waals surface area contributed by atoms with Gasteiger partial charge in [-0.15, -0.1) is 0 Å². The summed E-state index contributed by atoms with van der Waals surface area (Å²) in [4.78, 5) is 2.53. The second kappa shape index (κ2) is 9.40. The maximum atomic E-state index is 5.17. The molecule has 0 radical (unpaired) electrons. The zero-order valence-corrected chi connectivity index (χ0v) is 13.1. The molecule has 0 fully saturated rings. The van der Waals surface area contributed by atoms with E-state index in [9.17, 15) is 0 Å². The Morgan fingerprint density at radius 3 is 2.39 bits per heavy atom. The Bertz CT molecular complexity index is 313. The maximum Gasteiger partial charge on any atom is 0.118 e. The van der Waals surface area contributed by atoms with E-state index in [0.717, 1.165) is 30.6 Å². The molecule has 0 saturated carbocycles. The van der Waals surface area contributed by atoms with Crippen LogP contribution in [0.4, 0.5) is 0 Å². The van der Waals surface area contributed by atoms with Crippen LogP contribution >= 0.6 is 15.9 Å². The first-order valence-electron chi connectivity index (χ1n) is 6.71. The van der Waals surface area contributed by atoms with E-state index >= 15 is 0 Å². The van der Waals surface area contributed by atoms with E-state index in [4.69, 9.17) is 4.74 Å². The van der Waals surface area contributed by atoms with Gasteiger partial charge in [0.25, 0.3) is 0 Å². The van der Waals surface area contributed by atoms with Crippen LogP contribution < -0.4 is 4.74 Å². The van der Waals surface area contributed by atoms with Crippen LogP contribution in [-0.4, -0.2) is 37.0 Å². The molecule has 0 bridgehead atoms. The zero-order valence-electron chi connectivity index (χ0n) is 11.5. The van der Waals surface area contributed by atoms with Crippen molar-refractivity contribution in [3.05, 3.63) is 29.8 Å². The van der Waals surface area contributed by atoms with Gasteiger partial charge in [0.2, 0.25) is 0 Å². The maximum absolute atomic E-state index is 5.17. The molecule has 0 aliphatic carbocycles. The highest BCUT2D eigenvalue weighted by Gasteiger charge is 2.04. The molecule has 1 aromatic rings. The molecular weight excluding hydrogens is 290 g/mol. The third kappa shape index (κ3) is 5.87. The number of hydrogen-bond acceptors (Lipinski definition) is 2. The highest BCUT2D eigenvalue weighted by molar-refractivity contribution is 9.09. The lowest BCUT2D eigenvalue weighted by Crippen LogP contribution is -2.29. The average Bonchev–Trinajstić information content (AvgIpc) is 2.42. The number of methoxy groups -OCH3 is 1. The third-order valence-electron chi connectivity index (χ3n) is 3.10. The molecule has 3 heteroatoms. The van der Waals surface area contributed by atoms with E-state index in [2.05, 4.69) is 39.9 Å². The van der Waals surface area contributed by atoms with Crippen molar-refractivity contribution in [3.63, 3.8) is 0 Å². The van der Waals surface area contributed by atoms with Crippen molar-refractivity contribution in [1.82, 2.24) is 4.90 Å². The van der Waals surface area contributed by atoms with E-state index < -0.39 is 0 Å². The predicted molar refractivity (Wildman–Crippen MR) is 81.8 cm³/mol.